The molecule has 378 valence electrons. The van der Waals surface area contributed by atoms with E-state index in [1.54, 1.807) is 35.7 Å². The summed E-state index contributed by atoms with van der Waals surface area (Å²) in [5.41, 5.74) is 10.0. The molecule has 4 aliphatic rings. The van der Waals surface area contributed by atoms with Crippen LogP contribution in [0.15, 0.2) is 77.7 Å². The smallest absolute Gasteiger partial charge is 0.243 e. The van der Waals surface area contributed by atoms with Gasteiger partial charge in [-0.05, 0) is 75.0 Å². The van der Waals surface area contributed by atoms with Gasteiger partial charge in [0.1, 0.15) is 29.2 Å². The second-order valence-electron chi connectivity index (χ2n) is 20.5. The minimum Gasteiger partial charge on any atom is -0.507 e. The number of likely N-dealkylation sites (tertiary alicyclic amines) is 2. The SMILES string of the molecule is CC(C)[C@@H](C(=O)N1C[C@H](O)C[C@H]1C(=O)N[C@@H](C)c1ccc(-c2c(F)cnn2C)cc1)c1cc(N2CCC(CN3CCC(OC4CC(C#Cc5cn6cc(-c7ccccc7O)nc6nc5N)C4)CC3)CC2)no1. The summed E-state index contributed by atoms with van der Waals surface area (Å²) in [4.78, 5) is 43.4. The van der Waals surface area contributed by atoms with Crippen LogP contribution in [-0.2, 0) is 21.4 Å². The van der Waals surface area contributed by atoms with Crippen LogP contribution in [0.25, 0.3) is 28.3 Å². The highest BCUT2D eigenvalue weighted by atomic mass is 19.1. The van der Waals surface area contributed by atoms with Crippen LogP contribution in [0, 0.1) is 35.4 Å². The molecular formula is C54H64FN11O6. The van der Waals surface area contributed by atoms with Gasteiger partial charge in [0.05, 0.1) is 41.8 Å². The van der Waals surface area contributed by atoms with Crippen LogP contribution in [0.4, 0.5) is 16.0 Å². The molecule has 5 N–H and O–H groups in total. The average Bonchev–Trinajstić information content (AvgIpc) is 4.17. The Morgan fingerprint density at radius 2 is 1.72 bits per heavy atom. The molecule has 2 amide bonds. The van der Waals surface area contributed by atoms with Crippen molar-refractivity contribution in [2.45, 2.75) is 102 Å². The first-order chi connectivity index (χ1) is 34.7. The van der Waals surface area contributed by atoms with E-state index in [-0.39, 0.29) is 54.6 Å². The molecule has 72 heavy (non-hydrogen) atoms. The number of hydrogen-bond acceptors (Lipinski definition) is 13. The fourth-order valence-electron chi connectivity index (χ4n) is 10.9. The molecule has 2 aromatic carbocycles. The number of imidazole rings is 1. The fraction of sp³-hybridized carbons (Fsp3) is 0.481. The van der Waals surface area contributed by atoms with E-state index in [0.29, 0.717) is 57.2 Å². The van der Waals surface area contributed by atoms with E-state index in [9.17, 15) is 24.2 Å². The largest absolute Gasteiger partial charge is 0.507 e. The summed E-state index contributed by atoms with van der Waals surface area (Å²) in [6.45, 7) is 10.6. The Labute approximate surface area is 418 Å². The van der Waals surface area contributed by atoms with E-state index in [1.807, 2.05) is 63.5 Å². The quantitative estimate of drug-likeness (QED) is 0.0937. The zero-order valence-electron chi connectivity index (χ0n) is 41.3. The topological polar surface area (TPSA) is 206 Å². The molecule has 4 aromatic heterocycles. The first-order valence-electron chi connectivity index (χ1n) is 25.4. The first-order valence-corrected chi connectivity index (χ1v) is 25.4. The fourth-order valence-corrected chi connectivity index (χ4v) is 10.9. The zero-order valence-corrected chi connectivity index (χ0v) is 41.3. The number of nitrogens with one attached hydrogen (secondary N) is 1. The molecule has 17 nitrogen and oxygen atoms in total. The maximum Gasteiger partial charge on any atom is 0.243 e. The number of carbonyl (C=O) groups is 2. The summed E-state index contributed by atoms with van der Waals surface area (Å²) in [6.07, 6.45) is 10.5. The normalized spacial score (nSPS) is 21.9. The van der Waals surface area contributed by atoms with Gasteiger partial charge in [-0.25, -0.2) is 9.37 Å². The van der Waals surface area contributed by atoms with Crippen LogP contribution in [-0.4, -0.2) is 125 Å². The minimum atomic E-state index is -0.856. The molecule has 0 spiro atoms. The predicted octanol–water partition coefficient (Wildman–Crippen LogP) is 6.32. The van der Waals surface area contributed by atoms with Crippen molar-refractivity contribution in [1.29, 1.82) is 0 Å². The third-order valence-corrected chi connectivity index (χ3v) is 15.1. The molecule has 10 rings (SSSR count). The van der Waals surface area contributed by atoms with Crippen molar-refractivity contribution in [3.8, 4) is 40.1 Å². The number of hydrogen-bond donors (Lipinski definition) is 4. The van der Waals surface area contributed by atoms with Gasteiger partial charge >= 0.3 is 0 Å². The van der Waals surface area contributed by atoms with Crippen LogP contribution in [0.5, 0.6) is 5.75 Å². The van der Waals surface area contributed by atoms with E-state index < -0.39 is 29.9 Å². The lowest BCUT2D eigenvalue weighted by atomic mass is 9.82. The van der Waals surface area contributed by atoms with Gasteiger partial charge in [0.15, 0.2) is 17.4 Å². The Morgan fingerprint density at radius 3 is 2.43 bits per heavy atom. The number of ether oxygens (including phenoxy) is 1. The van der Waals surface area contributed by atoms with Gasteiger partial charge in [0.2, 0.25) is 17.6 Å². The maximum atomic E-state index is 14.3. The Balaban J connectivity index is 0.658. The van der Waals surface area contributed by atoms with Gasteiger partial charge in [-0.3, -0.25) is 18.7 Å². The maximum absolute atomic E-state index is 14.3. The number of β-amino-alcohol motifs (C(OH)–C–C–N with tert-alkyl or cyclic N) is 1. The molecule has 1 saturated carbocycles. The lowest BCUT2D eigenvalue weighted by molar-refractivity contribution is -0.141. The molecule has 0 radical (unpaired) electrons. The highest BCUT2D eigenvalue weighted by Gasteiger charge is 2.44. The van der Waals surface area contributed by atoms with Crippen molar-refractivity contribution in [1.82, 2.24) is 44.4 Å². The number of nitrogen functional groups attached to an aromatic ring is 1. The molecule has 7 heterocycles. The third kappa shape index (κ3) is 10.4. The van der Waals surface area contributed by atoms with Gasteiger partial charge in [-0.2, -0.15) is 10.1 Å². The Bertz CT molecular complexity index is 2940. The lowest BCUT2D eigenvalue weighted by Crippen LogP contribution is -2.48. The summed E-state index contributed by atoms with van der Waals surface area (Å²) < 4.78 is 30.1. The summed E-state index contributed by atoms with van der Waals surface area (Å²) in [5.74, 6) is 7.66. The summed E-state index contributed by atoms with van der Waals surface area (Å²) >= 11 is 0. The molecule has 3 aliphatic heterocycles. The van der Waals surface area contributed by atoms with Crippen LogP contribution >= 0.6 is 0 Å². The highest BCUT2D eigenvalue weighted by Crippen LogP contribution is 2.36. The average molecular weight is 982 g/mol. The number of carbonyl (C=O) groups excluding carboxylic acids is 2. The standard InChI is InChI=1S/C54H64FN11O6/c1-32(2)49(53(70)66-30-39(67)25-45(66)52(69)58-33(3)36-11-13-37(14-12-36)50-43(55)27-57-62(50)4)47-26-48(61-72-47)64-21-15-34(16-22-64)28-63-19-17-40(18-20-63)71-41-23-35(24-41)9-10-38-29-65-31-44(59-54(65)60-51(38)56)42-7-5-6-8-46(42)68/h5-8,11-14,26-27,29,31-35,39-41,45,49,67-68H,15-25,28,30H2,1-4H3,(H,58,69)(H2,56,59,60)/t33-,35?,39+,41?,45-,49+/m0/s1. The second kappa shape index (κ2) is 20.7. The number of nitrogens with zero attached hydrogens (tertiary/aromatic N) is 9. The molecule has 18 heteroatoms. The van der Waals surface area contributed by atoms with E-state index >= 15 is 0 Å². The number of amides is 2. The number of aryl methyl sites for hydroxylation is 1. The summed E-state index contributed by atoms with van der Waals surface area (Å²) in [5, 5.41) is 32.5. The monoisotopic (exact) mass is 982 g/mol. The molecule has 6 aromatic rings. The van der Waals surface area contributed by atoms with Gasteiger partial charge in [-0.1, -0.05) is 67.2 Å². The second-order valence-corrected chi connectivity index (χ2v) is 20.5. The lowest BCUT2D eigenvalue weighted by Gasteiger charge is -2.40. The van der Waals surface area contributed by atoms with Crippen molar-refractivity contribution in [3.63, 3.8) is 0 Å². The molecule has 1 aliphatic carbocycles. The van der Waals surface area contributed by atoms with Gasteiger partial charge in [-0.15, -0.1) is 0 Å². The van der Waals surface area contributed by atoms with E-state index in [2.05, 4.69) is 47.2 Å². The van der Waals surface area contributed by atoms with E-state index in [1.165, 1.54) is 15.8 Å². The van der Waals surface area contributed by atoms with Crippen molar-refractivity contribution < 1.29 is 33.5 Å². The number of benzene rings is 2. The number of aliphatic hydroxyl groups is 1. The molecule has 4 atom stereocenters. The molecule has 0 bridgehead atoms. The molecular weight excluding hydrogens is 918 g/mol. The predicted molar refractivity (Wildman–Crippen MR) is 269 cm³/mol. The number of phenolic OH excluding ortho intramolecular Hbond substituents is 1. The highest BCUT2D eigenvalue weighted by molar-refractivity contribution is 5.91. The number of halogens is 1. The van der Waals surface area contributed by atoms with Crippen LogP contribution in [0.3, 0.4) is 0 Å². The number of piperidine rings is 2. The minimum absolute atomic E-state index is 0.0452. The molecule has 0 unspecified atom stereocenters. The van der Waals surface area contributed by atoms with Crippen LogP contribution in [0.2, 0.25) is 0 Å². The Kier molecular flexibility index (Phi) is 14.1. The van der Waals surface area contributed by atoms with Crippen molar-refractivity contribution in [2.24, 2.45) is 24.8 Å². The van der Waals surface area contributed by atoms with Gasteiger partial charge in [0, 0.05) is 88.2 Å². The Hall–Kier alpha value is -6.81. The first kappa shape index (κ1) is 48.8. The zero-order chi connectivity index (χ0) is 50.2. The van der Waals surface area contributed by atoms with Crippen LogP contribution in [0.1, 0.15) is 94.6 Å². The summed E-state index contributed by atoms with van der Waals surface area (Å²) in [7, 11) is 1.68. The number of anilines is 2. The Morgan fingerprint density at radius 1 is 0.972 bits per heavy atom. The summed E-state index contributed by atoms with van der Waals surface area (Å²) in [6, 6.07) is 14.9. The number of aromatic nitrogens is 6. The van der Waals surface area contributed by atoms with Crippen molar-refractivity contribution >= 4 is 29.2 Å². The number of aliphatic hydroxyl groups excluding tert-OH is 1. The molecule has 3 saturated heterocycles. The van der Waals surface area contributed by atoms with Crippen molar-refractivity contribution in [2.75, 3.05) is 49.9 Å². The number of fused-ring (bicyclic) bond motifs is 1. The molecule has 4 fully saturated rings. The van der Waals surface area contributed by atoms with Crippen molar-refractivity contribution in [3.05, 3.63) is 95.9 Å². The van der Waals surface area contributed by atoms with Crippen LogP contribution < -0.4 is 16.0 Å². The number of para-hydroxylation sites is 1. The van der Waals surface area contributed by atoms with E-state index in [0.717, 1.165) is 76.8 Å². The number of nitrogens with two attached hydrogens (primary N) is 1. The van der Waals surface area contributed by atoms with E-state index in [4.69, 9.17) is 15.0 Å². The van der Waals surface area contributed by atoms with Gasteiger partial charge in [0.25, 0.3) is 0 Å². The third-order valence-electron chi connectivity index (χ3n) is 15.1. The van der Waals surface area contributed by atoms with Gasteiger partial charge < -0.3 is 45.2 Å². The number of rotatable bonds is 13. The number of phenols is 1. The number of aromatic hydroxyl groups is 1.